The van der Waals surface area contributed by atoms with Gasteiger partial charge in [0, 0.05) is 23.3 Å². The van der Waals surface area contributed by atoms with E-state index in [4.69, 9.17) is 11.6 Å². The van der Waals surface area contributed by atoms with Gasteiger partial charge in [-0.1, -0.05) is 23.7 Å². The Morgan fingerprint density at radius 3 is 2.24 bits per heavy atom. The highest BCUT2D eigenvalue weighted by Crippen LogP contribution is 2.29. The Balaban J connectivity index is 2.67. The van der Waals surface area contributed by atoms with E-state index in [9.17, 15) is 4.79 Å². The number of benzene rings is 1. The molecule has 0 atom stereocenters. The van der Waals surface area contributed by atoms with E-state index in [-0.39, 0.29) is 0 Å². The molecule has 0 spiro atoms. The Hall–Kier alpha value is -1.54. The van der Waals surface area contributed by atoms with Crippen molar-refractivity contribution in [2.75, 3.05) is 0 Å². The van der Waals surface area contributed by atoms with Crippen LogP contribution < -0.4 is 0 Å². The molecule has 1 aromatic carbocycles. The first-order valence-electron chi connectivity index (χ1n) is 5.43. The summed E-state index contributed by atoms with van der Waals surface area (Å²) in [7, 11) is 1.97. The molecule has 3 heteroatoms. The van der Waals surface area contributed by atoms with Crippen LogP contribution >= 0.6 is 11.6 Å². The molecule has 2 rings (SSSR count). The number of hydrogen-bond acceptors (Lipinski definition) is 1. The van der Waals surface area contributed by atoms with Gasteiger partial charge < -0.3 is 4.57 Å². The summed E-state index contributed by atoms with van der Waals surface area (Å²) < 4.78 is 2.04. The molecule has 0 N–H and O–H groups in total. The molecule has 2 nitrogen and oxygen atoms in total. The number of hydrogen-bond donors (Lipinski definition) is 0. The third kappa shape index (κ3) is 1.89. The number of halogens is 1. The first kappa shape index (κ1) is 11.9. The van der Waals surface area contributed by atoms with E-state index < -0.39 is 0 Å². The van der Waals surface area contributed by atoms with E-state index in [0.717, 1.165) is 34.4 Å². The minimum atomic E-state index is 0.716. The number of carbonyl (C=O) groups excluding carboxylic acids is 1. The van der Waals surface area contributed by atoms with Crippen LogP contribution in [0, 0.1) is 13.8 Å². The number of nitrogens with zero attached hydrogens (tertiary/aromatic N) is 1. The van der Waals surface area contributed by atoms with Crippen molar-refractivity contribution in [3.05, 3.63) is 46.1 Å². The van der Waals surface area contributed by atoms with Gasteiger partial charge in [0.15, 0.2) is 6.29 Å². The largest absolute Gasteiger partial charge is 0.347 e. The maximum Gasteiger partial charge on any atom is 0.152 e. The van der Waals surface area contributed by atoms with Gasteiger partial charge in [-0.25, -0.2) is 0 Å². The normalized spacial score (nSPS) is 10.6. The standard InChI is InChI=1S/C14H14ClNO/c1-9-13(8-17)10(2)16(3)14(9)11-4-6-12(15)7-5-11/h4-8H,1-3H3. The lowest BCUT2D eigenvalue weighted by Crippen LogP contribution is -1.94. The zero-order chi connectivity index (χ0) is 12.6. The average molecular weight is 248 g/mol. The molecule has 0 saturated carbocycles. The van der Waals surface area contributed by atoms with E-state index in [1.54, 1.807) is 0 Å². The molecule has 88 valence electrons. The van der Waals surface area contributed by atoms with Crippen LogP contribution in [-0.2, 0) is 7.05 Å². The van der Waals surface area contributed by atoms with Crippen LogP contribution in [0.25, 0.3) is 11.3 Å². The second-order valence-electron chi connectivity index (χ2n) is 4.16. The minimum absolute atomic E-state index is 0.716. The summed E-state index contributed by atoms with van der Waals surface area (Å²) in [6.45, 7) is 3.93. The van der Waals surface area contributed by atoms with Crippen LogP contribution in [0.15, 0.2) is 24.3 Å². The van der Waals surface area contributed by atoms with Gasteiger partial charge in [-0.15, -0.1) is 0 Å². The quantitative estimate of drug-likeness (QED) is 0.741. The molecule has 0 radical (unpaired) electrons. The molecule has 0 aliphatic heterocycles. The fraction of sp³-hybridized carbons (Fsp3) is 0.214. The van der Waals surface area contributed by atoms with Crippen molar-refractivity contribution < 1.29 is 4.79 Å². The average Bonchev–Trinajstić information content (AvgIpc) is 2.52. The second kappa shape index (κ2) is 4.38. The third-order valence-electron chi connectivity index (χ3n) is 3.22. The predicted molar refractivity (Wildman–Crippen MR) is 70.7 cm³/mol. The van der Waals surface area contributed by atoms with Crippen molar-refractivity contribution in [1.29, 1.82) is 0 Å². The van der Waals surface area contributed by atoms with Crippen LogP contribution in [0.4, 0.5) is 0 Å². The van der Waals surface area contributed by atoms with Gasteiger partial charge >= 0.3 is 0 Å². The fourth-order valence-corrected chi connectivity index (χ4v) is 2.32. The van der Waals surface area contributed by atoms with Crippen molar-refractivity contribution in [2.45, 2.75) is 13.8 Å². The van der Waals surface area contributed by atoms with E-state index in [1.165, 1.54) is 0 Å². The lowest BCUT2D eigenvalue weighted by molar-refractivity contribution is 0.112. The van der Waals surface area contributed by atoms with Gasteiger partial charge in [-0.05, 0) is 37.1 Å². The lowest BCUT2D eigenvalue weighted by atomic mass is 10.1. The highest BCUT2D eigenvalue weighted by molar-refractivity contribution is 6.30. The summed E-state index contributed by atoms with van der Waals surface area (Å²) >= 11 is 5.88. The smallest absolute Gasteiger partial charge is 0.152 e. The van der Waals surface area contributed by atoms with E-state index >= 15 is 0 Å². The maximum atomic E-state index is 11.1. The Labute approximate surface area is 106 Å². The van der Waals surface area contributed by atoms with Crippen molar-refractivity contribution in [1.82, 2.24) is 4.57 Å². The topological polar surface area (TPSA) is 22.0 Å². The predicted octanol–water partition coefficient (Wildman–Crippen LogP) is 3.77. The summed E-state index contributed by atoms with van der Waals surface area (Å²) in [6.07, 6.45) is 0.921. The maximum absolute atomic E-state index is 11.1. The van der Waals surface area contributed by atoms with Gasteiger partial charge in [-0.2, -0.15) is 0 Å². The van der Waals surface area contributed by atoms with E-state index in [1.807, 2.05) is 49.7 Å². The van der Waals surface area contributed by atoms with Gasteiger partial charge in [0.25, 0.3) is 0 Å². The Kier molecular flexibility index (Phi) is 3.07. The summed E-state index contributed by atoms with van der Waals surface area (Å²) in [5, 5.41) is 0.716. The van der Waals surface area contributed by atoms with Crippen molar-refractivity contribution in [3.63, 3.8) is 0 Å². The number of aromatic nitrogens is 1. The molecule has 1 aromatic heterocycles. The molecule has 0 unspecified atom stereocenters. The molecule has 0 bridgehead atoms. The third-order valence-corrected chi connectivity index (χ3v) is 3.48. The fourth-order valence-electron chi connectivity index (χ4n) is 2.19. The molecular formula is C14H14ClNO. The molecule has 0 fully saturated rings. The Morgan fingerprint density at radius 1 is 1.18 bits per heavy atom. The van der Waals surface area contributed by atoms with E-state index in [2.05, 4.69) is 0 Å². The molecule has 0 aliphatic rings. The van der Waals surface area contributed by atoms with Crippen molar-refractivity contribution in [3.8, 4) is 11.3 Å². The summed E-state index contributed by atoms with van der Waals surface area (Å²) in [4.78, 5) is 11.1. The first-order valence-corrected chi connectivity index (χ1v) is 5.81. The van der Waals surface area contributed by atoms with Crippen molar-refractivity contribution >= 4 is 17.9 Å². The summed E-state index contributed by atoms with van der Waals surface area (Å²) in [5.41, 5.74) is 4.93. The Morgan fingerprint density at radius 2 is 1.76 bits per heavy atom. The van der Waals surface area contributed by atoms with Crippen LogP contribution in [0.2, 0.25) is 5.02 Å². The van der Waals surface area contributed by atoms with Crippen LogP contribution in [0.3, 0.4) is 0 Å². The monoisotopic (exact) mass is 247 g/mol. The zero-order valence-electron chi connectivity index (χ0n) is 10.1. The number of carbonyl (C=O) groups is 1. The summed E-state index contributed by atoms with van der Waals surface area (Å²) in [5.74, 6) is 0. The van der Waals surface area contributed by atoms with Crippen molar-refractivity contribution in [2.24, 2.45) is 7.05 Å². The summed E-state index contributed by atoms with van der Waals surface area (Å²) in [6, 6.07) is 7.66. The highest BCUT2D eigenvalue weighted by atomic mass is 35.5. The van der Waals surface area contributed by atoms with E-state index in [0.29, 0.717) is 5.02 Å². The molecule has 0 aliphatic carbocycles. The van der Waals surface area contributed by atoms with Crippen LogP contribution in [-0.4, -0.2) is 10.9 Å². The first-order chi connectivity index (χ1) is 8.06. The zero-order valence-corrected chi connectivity index (χ0v) is 10.9. The van der Waals surface area contributed by atoms with Gasteiger partial charge in [0.05, 0.1) is 5.69 Å². The van der Waals surface area contributed by atoms with Gasteiger partial charge in [-0.3, -0.25) is 4.79 Å². The lowest BCUT2D eigenvalue weighted by Gasteiger charge is -2.06. The van der Waals surface area contributed by atoms with Gasteiger partial charge in [0.1, 0.15) is 0 Å². The minimum Gasteiger partial charge on any atom is -0.347 e. The van der Waals surface area contributed by atoms with Crippen LogP contribution in [0.5, 0.6) is 0 Å². The molecule has 17 heavy (non-hydrogen) atoms. The number of aldehydes is 1. The molecule has 1 heterocycles. The molecule has 0 amide bonds. The SMILES string of the molecule is Cc1c(C=O)c(C)n(C)c1-c1ccc(Cl)cc1. The number of rotatable bonds is 2. The molecule has 0 saturated heterocycles. The molecule has 2 aromatic rings. The molecular weight excluding hydrogens is 234 g/mol. The van der Waals surface area contributed by atoms with Crippen LogP contribution in [0.1, 0.15) is 21.6 Å². The second-order valence-corrected chi connectivity index (χ2v) is 4.59. The van der Waals surface area contributed by atoms with Gasteiger partial charge in [0.2, 0.25) is 0 Å². The Bertz CT molecular complexity index is 567. The highest BCUT2D eigenvalue weighted by Gasteiger charge is 2.15.